The monoisotopic (exact) mass is 251 g/mol. The molecule has 1 unspecified atom stereocenters. The van der Waals surface area contributed by atoms with Gasteiger partial charge in [0.25, 0.3) is 5.69 Å². The van der Waals surface area contributed by atoms with Gasteiger partial charge in [-0.1, -0.05) is 0 Å². The minimum Gasteiger partial charge on any atom is -0.319 e. The number of aryl methyl sites for hydroxylation is 2. The first kappa shape index (κ1) is 14.1. The fourth-order valence-electron chi connectivity index (χ4n) is 1.42. The molecule has 0 fully saturated rings. The normalized spacial score (nSPS) is 12.0. The lowest BCUT2D eigenvalue weighted by atomic mass is 10.1. The van der Waals surface area contributed by atoms with Gasteiger partial charge in [0.2, 0.25) is 5.91 Å². The maximum absolute atomic E-state index is 11.7. The highest BCUT2D eigenvalue weighted by Crippen LogP contribution is 2.27. The predicted molar refractivity (Wildman–Crippen MR) is 69.7 cm³/mol. The summed E-state index contributed by atoms with van der Waals surface area (Å²) in [5.74, 6) is -0.302. The Morgan fingerprint density at radius 3 is 2.39 bits per heavy atom. The van der Waals surface area contributed by atoms with Gasteiger partial charge in [-0.15, -0.1) is 0 Å². The van der Waals surface area contributed by atoms with Crippen molar-refractivity contribution in [2.75, 3.05) is 12.4 Å². The van der Waals surface area contributed by atoms with E-state index in [1.165, 1.54) is 6.07 Å². The van der Waals surface area contributed by atoms with Crippen molar-refractivity contribution >= 4 is 17.3 Å². The maximum Gasteiger partial charge on any atom is 0.293 e. The number of hydrogen-bond donors (Lipinski definition) is 2. The number of nitrogens with zero attached hydrogens (tertiary/aromatic N) is 1. The van der Waals surface area contributed by atoms with Crippen LogP contribution in [0.25, 0.3) is 0 Å². The van der Waals surface area contributed by atoms with Crippen LogP contribution in [0.1, 0.15) is 18.1 Å². The summed E-state index contributed by atoms with van der Waals surface area (Å²) in [6.07, 6.45) is 0. The molecular formula is C12H17N3O3. The summed E-state index contributed by atoms with van der Waals surface area (Å²) in [5.41, 5.74) is 1.86. The van der Waals surface area contributed by atoms with Gasteiger partial charge in [-0.2, -0.15) is 0 Å². The molecule has 18 heavy (non-hydrogen) atoms. The second-order valence-electron chi connectivity index (χ2n) is 4.21. The number of rotatable bonds is 4. The van der Waals surface area contributed by atoms with Crippen molar-refractivity contribution in [3.8, 4) is 0 Å². The van der Waals surface area contributed by atoms with E-state index in [0.717, 1.165) is 11.1 Å². The number of benzene rings is 1. The Morgan fingerprint density at radius 1 is 1.33 bits per heavy atom. The molecule has 0 spiro atoms. The highest BCUT2D eigenvalue weighted by Gasteiger charge is 2.19. The molecule has 0 saturated carbocycles. The summed E-state index contributed by atoms with van der Waals surface area (Å²) in [4.78, 5) is 22.2. The molecule has 1 rings (SSSR count). The van der Waals surface area contributed by atoms with Crippen LogP contribution in [0.15, 0.2) is 12.1 Å². The SMILES string of the molecule is CNC(C)C(=O)Nc1cc(C)c(C)cc1[N+](=O)[O-]. The fraction of sp³-hybridized carbons (Fsp3) is 0.417. The van der Waals surface area contributed by atoms with Gasteiger partial charge in [-0.25, -0.2) is 0 Å². The smallest absolute Gasteiger partial charge is 0.293 e. The Labute approximate surface area is 106 Å². The van der Waals surface area contributed by atoms with Crippen LogP contribution in [-0.2, 0) is 4.79 Å². The number of nitro groups is 1. The molecule has 0 bridgehead atoms. The van der Waals surface area contributed by atoms with E-state index in [-0.39, 0.29) is 17.3 Å². The average molecular weight is 251 g/mol. The minimum absolute atomic E-state index is 0.0882. The second-order valence-corrected chi connectivity index (χ2v) is 4.21. The molecule has 6 nitrogen and oxygen atoms in total. The Morgan fingerprint density at radius 2 is 1.89 bits per heavy atom. The molecule has 1 atom stereocenters. The third kappa shape index (κ3) is 3.04. The molecule has 0 saturated heterocycles. The van der Waals surface area contributed by atoms with E-state index in [0.29, 0.717) is 0 Å². The summed E-state index contributed by atoms with van der Waals surface area (Å²) in [5, 5.41) is 16.3. The van der Waals surface area contributed by atoms with Crippen LogP contribution in [0.2, 0.25) is 0 Å². The molecule has 1 aromatic carbocycles. The summed E-state index contributed by atoms with van der Waals surface area (Å²) in [7, 11) is 1.65. The first-order chi connectivity index (χ1) is 8.36. The number of hydrogen-bond acceptors (Lipinski definition) is 4. The molecule has 1 aromatic rings. The molecule has 6 heteroatoms. The molecule has 98 valence electrons. The molecule has 0 aliphatic rings. The molecule has 0 aromatic heterocycles. The first-order valence-electron chi connectivity index (χ1n) is 5.60. The van der Waals surface area contributed by atoms with Gasteiger partial charge in [0.1, 0.15) is 5.69 Å². The maximum atomic E-state index is 11.7. The lowest BCUT2D eigenvalue weighted by molar-refractivity contribution is -0.384. The minimum atomic E-state index is -0.494. The van der Waals surface area contributed by atoms with E-state index in [4.69, 9.17) is 0 Å². The van der Waals surface area contributed by atoms with Crippen molar-refractivity contribution < 1.29 is 9.72 Å². The molecule has 1 amide bonds. The third-order valence-corrected chi connectivity index (χ3v) is 2.89. The summed E-state index contributed by atoms with van der Waals surface area (Å²) < 4.78 is 0. The van der Waals surface area contributed by atoms with E-state index in [1.54, 1.807) is 27.0 Å². The number of likely N-dealkylation sites (N-methyl/N-ethyl adjacent to an activating group) is 1. The quantitative estimate of drug-likeness (QED) is 0.630. The van der Waals surface area contributed by atoms with Gasteiger partial charge < -0.3 is 10.6 Å². The van der Waals surface area contributed by atoms with Gasteiger partial charge in [0, 0.05) is 6.07 Å². The van der Waals surface area contributed by atoms with Crippen molar-refractivity contribution in [2.24, 2.45) is 0 Å². The molecular weight excluding hydrogens is 234 g/mol. The van der Waals surface area contributed by atoms with Crippen molar-refractivity contribution in [1.82, 2.24) is 5.32 Å². The highest BCUT2D eigenvalue weighted by atomic mass is 16.6. The lowest BCUT2D eigenvalue weighted by Crippen LogP contribution is -2.35. The van der Waals surface area contributed by atoms with Crippen LogP contribution in [0.3, 0.4) is 0 Å². The molecule has 0 aliphatic carbocycles. The zero-order chi connectivity index (χ0) is 13.9. The number of carbonyl (C=O) groups excluding carboxylic acids is 1. The number of anilines is 1. The van der Waals surface area contributed by atoms with Crippen LogP contribution in [0, 0.1) is 24.0 Å². The Balaban J connectivity index is 3.11. The van der Waals surface area contributed by atoms with E-state index in [2.05, 4.69) is 10.6 Å². The standard InChI is InChI=1S/C12H17N3O3/c1-7-5-10(14-12(16)9(3)13-4)11(15(17)18)6-8(7)2/h5-6,9,13H,1-4H3,(H,14,16). The van der Waals surface area contributed by atoms with Crippen molar-refractivity contribution in [2.45, 2.75) is 26.8 Å². The largest absolute Gasteiger partial charge is 0.319 e. The molecule has 0 aliphatic heterocycles. The lowest BCUT2D eigenvalue weighted by Gasteiger charge is -2.12. The van der Waals surface area contributed by atoms with Crippen LogP contribution < -0.4 is 10.6 Å². The number of carbonyl (C=O) groups is 1. The predicted octanol–water partition coefficient (Wildman–Crippen LogP) is 1.76. The summed E-state index contributed by atoms with van der Waals surface area (Å²) >= 11 is 0. The fourth-order valence-corrected chi connectivity index (χ4v) is 1.42. The van der Waals surface area contributed by atoms with E-state index in [9.17, 15) is 14.9 Å². The van der Waals surface area contributed by atoms with Crippen LogP contribution >= 0.6 is 0 Å². The van der Waals surface area contributed by atoms with Gasteiger partial charge in [0.05, 0.1) is 11.0 Å². The average Bonchev–Trinajstić information content (AvgIpc) is 2.31. The second kappa shape index (κ2) is 5.59. The van der Waals surface area contributed by atoms with Crippen LogP contribution in [-0.4, -0.2) is 23.9 Å². The van der Waals surface area contributed by atoms with Crippen molar-refractivity contribution in [3.05, 3.63) is 33.4 Å². The number of nitro benzene ring substituents is 1. The van der Waals surface area contributed by atoms with Gasteiger partial charge in [-0.3, -0.25) is 14.9 Å². The Kier molecular flexibility index (Phi) is 4.38. The Bertz CT molecular complexity index is 486. The first-order valence-corrected chi connectivity index (χ1v) is 5.60. The van der Waals surface area contributed by atoms with E-state index >= 15 is 0 Å². The van der Waals surface area contributed by atoms with Crippen molar-refractivity contribution in [1.29, 1.82) is 0 Å². The topological polar surface area (TPSA) is 84.3 Å². The van der Waals surface area contributed by atoms with Gasteiger partial charge >= 0.3 is 0 Å². The van der Waals surface area contributed by atoms with E-state index in [1.807, 2.05) is 6.92 Å². The van der Waals surface area contributed by atoms with Crippen molar-refractivity contribution in [3.63, 3.8) is 0 Å². The van der Waals surface area contributed by atoms with Crippen LogP contribution in [0.5, 0.6) is 0 Å². The Hall–Kier alpha value is -1.95. The number of nitrogens with one attached hydrogen (secondary N) is 2. The third-order valence-electron chi connectivity index (χ3n) is 2.89. The zero-order valence-electron chi connectivity index (χ0n) is 10.9. The molecule has 0 radical (unpaired) electrons. The van der Waals surface area contributed by atoms with E-state index < -0.39 is 11.0 Å². The summed E-state index contributed by atoms with van der Waals surface area (Å²) in [6, 6.07) is 2.68. The number of amides is 1. The molecule has 0 heterocycles. The van der Waals surface area contributed by atoms with Gasteiger partial charge in [-0.05, 0) is 45.0 Å². The highest BCUT2D eigenvalue weighted by molar-refractivity contribution is 5.96. The summed E-state index contributed by atoms with van der Waals surface area (Å²) in [6.45, 7) is 5.32. The van der Waals surface area contributed by atoms with Crippen LogP contribution in [0.4, 0.5) is 11.4 Å². The zero-order valence-corrected chi connectivity index (χ0v) is 10.9. The van der Waals surface area contributed by atoms with Gasteiger partial charge in [0.15, 0.2) is 0 Å². The molecule has 2 N–H and O–H groups in total.